The fourth-order valence-electron chi connectivity index (χ4n) is 2.82. The van der Waals surface area contributed by atoms with Gasteiger partial charge in [-0.1, -0.05) is 11.6 Å². The van der Waals surface area contributed by atoms with Crippen LogP contribution in [0.1, 0.15) is 24.8 Å². The number of benzene rings is 1. The number of likely N-dealkylation sites (tertiary alicyclic amines) is 1. The molecule has 0 spiro atoms. The van der Waals surface area contributed by atoms with Gasteiger partial charge in [-0.25, -0.2) is 0 Å². The average molecular weight is 312 g/mol. The van der Waals surface area contributed by atoms with Crippen molar-refractivity contribution < 1.29 is 4.92 Å². The molecule has 1 aliphatic rings. The van der Waals surface area contributed by atoms with Crippen molar-refractivity contribution in [2.24, 2.45) is 5.92 Å². The molecule has 1 aromatic rings. The van der Waals surface area contributed by atoms with Crippen LogP contribution in [0.4, 0.5) is 5.69 Å². The van der Waals surface area contributed by atoms with Crippen molar-refractivity contribution in [1.82, 2.24) is 10.2 Å². The third kappa shape index (κ3) is 4.66. The zero-order valence-electron chi connectivity index (χ0n) is 12.3. The fourth-order valence-corrected chi connectivity index (χ4v) is 3.00. The van der Waals surface area contributed by atoms with Crippen LogP contribution in [-0.4, -0.2) is 36.5 Å². The van der Waals surface area contributed by atoms with E-state index in [-0.39, 0.29) is 10.6 Å². The molecule has 1 aliphatic heterocycles. The Balaban J connectivity index is 1.91. The lowest BCUT2D eigenvalue weighted by atomic mass is 9.93. The van der Waals surface area contributed by atoms with E-state index >= 15 is 0 Å². The highest BCUT2D eigenvalue weighted by molar-refractivity contribution is 6.31. The van der Waals surface area contributed by atoms with E-state index in [2.05, 4.69) is 10.2 Å². The van der Waals surface area contributed by atoms with E-state index in [1.165, 1.54) is 25.3 Å². The summed E-state index contributed by atoms with van der Waals surface area (Å²) in [5.74, 6) is 0.786. The first-order valence-corrected chi connectivity index (χ1v) is 7.77. The number of hydrogen-bond acceptors (Lipinski definition) is 4. The first-order valence-electron chi connectivity index (χ1n) is 7.40. The lowest BCUT2D eigenvalue weighted by molar-refractivity contribution is -0.384. The van der Waals surface area contributed by atoms with Gasteiger partial charge in [0.15, 0.2) is 0 Å². The van der Waals surface area contributed by atoms with Gasteiger partial charge in [0.2, 0.25) is 0 Å². The summed E-state index contributed by atoms with van der Waals surface area (Å²) < 4.78 is 0. The molecule has 1 heterocycles. The molecule has 0 atom stereocenters. The van der Waals surface area contributed by atoms with Gasteiger partial charge in [-0.15, -0.1) is 0 Å². The Bertz CT molecular complexity index is 488. The number of nitro groups is 1. The third-order valence-electron chi connectivity index (χ3n) is 4.14. The van der Waals surface area contributed by atoms with Crippen LogP contribution in [0, 0.1) is 16.0 Å². The average Bonchev–Trinajstić information content (AvgIpc) is 2.48. The predicted octanol–water partition coefficient (Wildman–Crippen LogP) is 3.07. The van der Waals surface area contributed by atoms with Crippen LogP contribution < -0.4 is 5.32 Å². The van der Waals surface area contributed by atoms with E-state index in [0.717, 1.165) is 31.1 Å². The standard InChI is InChI=1S/C15H22ClN3O2/c1-17-7-4-12-5-8-18(9-6-12)11-13-10-14(19(20)21)2-3-15(13)16/h2-3,10,12,17H,4-9,11H2,1H3. The predicted molar refractivity (Wildman–Crippen MR) is 84.7 cm³/mol. The number of hydrogen-bond donors (Lipinski definition) is 1. The molecule has 116 valence electrons. The summed E-state index contributed by atoms with van der Waals surface area (Å²) in [7, 11) is 1.99. The molecule has 1 aromatic carbocycles. The molecule has 0 aromatic heterocycles. The Morgan fingerprint density at radius 1 is 1.43 bits per heavy atom. The summed E-state index contributed by atoms with van der Waals surface area (Å²) in [5.41, 5.74) is 0.956. The van der Waals surface area contributed by atoms with Crippen LogP contribution in [0.5, 0.6) is 0 Å². The molecule has 5 nitrogen and oxygen atoms in total. The molecule has 21 heavy (non-hydrogen) atoms. The summed E-state index contributed by atoms with van der Waals surface area (Å²) in [6.07, 6.45) is 3.60. The van der Waals surface area contributed by atoms with Gasteiger partial charge >= 0.3 is 0 Å². The molecule has 0 radical (unpaired) electrons. The Hall–Kier alpha value is -1.17. The minimum Gasteiger partial charge on any atom is -0.320 e. The summed E-state index contributed by atoms with van der Waals surface area (Å²) in [6.45, 7) is 3.83. The van der Waals surface area contributed by atoms with Crippen molar-refractivity contribution in [3.63, 3.8) is 0 Å². The molecule has 1 saturated heterocycles. The van der Waals surface area contributed by atoms with Crippen molar-refractivity contribution >= 4 is 17.3 Å². The molecular formula is C15H22ClN3O2. The number of piperidine rings is 1. The minimum absolute atomic E-state index is 0.110. The van der Waals surface area contributed by atoms with E-state index in [1.54, 1.807) is 12.1 Å². The second-order valence-corrected chi connectivity index (χ2v) is 6.05. The van der Waals surface area contributed by atoms with Crippen LogP contribution >= 0.6 is 11.6 Å². The minimum atomic E-state index is -0.371. The maximum absolute atomic E-state index is 10.8. The molecule has 0 bridgehead atoms. The number of rotatable bonds is 6. The number of non-ortho nitro benzene ring substituents is 1. The van der Waals surface area contributed by atoms with Crippen LogP contribution in [0.2, 0.25) is 5.02 Å². The second-order valence-electron chi connectivity index (χ2n) is 5.64. The van der Waals surface area contributed by atoms with Crippen molar-refractivity contribution in [2.45, 2.75) is 25.8 Å². The molecule has 0 unspecified atom stereocenters. The van der Waals surface area contributed by atoms with Crippen molar-refractivity contribution in [3.8, 4) is 0 Å². The van der Waals surface area contributed by atoms with Crippen molar-refractivity contribution in [1.29, 1.82) is 0 Å². The van der Waals surface area contributed by atoms with Gasteiger partial charge in [-0.2, -0.15) is 0 Å². The summed E-state index contributed by atoms with van der Waals surface area (Å²) in [5, 5.41) is 14.6. The normalized spacial score (nSPS) is 17.0. The Labute approximate surface area is 130 Å². The monoisotopic (exact) mass is 311 g/mol. The SMILES string of the molecule is CNCCC1CCN(Cc2cc([N+](=O)[O-])ccc2Cl)CC1. The van der Waals surface area contributed by atoms with Crippen molar-refractivity contribution in [2.75, 3.05) is 26.7 Å². The first-order chi connectivity index (χ1) is 10.1. The van der Waals surface area contributed by atoms with E-state index in [9.17, 15) is 10.1 Å². The lowest BCUT2D eigenvalue weighted by Crippen LogP contribution is -2.34. The Morgan fingerprint density at radius 2 is 2.14 bits per heavy atom. The molecule has 1 fully saturated rings. The fraction of sp³-hybridized carbons (Fsp3) is 0.600. The lowest BCUT2D eigenvalue weighted by Gasteiger charge is -2.32. The van der Waals surface area contributed by atoms with Gasteiger partial charge < -0.3 is 5.32 Å². The number of nitrogens with one attached hydrogen (secondary N) is 1. The highest BCUT2D eigenvalue weighted by atomic mass is 35.5. The quantitative estimate of drug-likeness (QED) is 0.648. The molecule has 6 heteroatoms. The molecular weight excluding hydrogens is 290 g/mol. The number of halogens is 1. The van der Waals surface area contributed by atoms with E-state index in [4.69, 9.17) is 11.6 Å². The zero-order valence-corrected chi connectivity index (χ0v) is 13.1. The smallest absolute Gasteiger partial charge is 0.269 e. The second kappa shape index (κ2) is 7.73. The van der Waals surface area contributed by atoms with Gasteiger partial charge in [0, 0.05) is 23.7 Å². The van der Waals surface area contributed by atoms with Gasteiger partial charge in [0.1, 0.15) is 0 Å². The summed E-state index contributed by atoms with van der Waals surface area (Å²) in [4.78, 5) is 12.8. The highest BCUT2D eigenvalue weighted by Gasteiger charge is 2.20. The number of nitrogens with zero attached hydrogens (tertiary/aromatic N) is 2. The largest absolute Gasteiger partial charge is 0.320 e. The van der Waals surface area contributed by atoms with Gasteiger partial charge in [0.25, 0.3) is 5.69 Å². The van der Waals surface area contributed by atoms with E-state index < -0.39 is 0 Å². The van der Waals surface area contributed by atoms with Crippen LogP contribution in [0.25, 0.3) is 0 Å². The zero-order chi connectivity index (χ0) is 15.2. The Morgan fingerprint density at radius 3 is 2.76 bits per heavy atom. The van der Waals surface area contributed by atoms with Crippen molar-refractivity contribution in [3.05, 3.63) is 38.9 Å². The van der Waals surface area contributed by atoms with E-state index in [1.807, 2.05) is 7.05 Å². The Kier molecular flexibility index (Phi) is 5.96. The van der Waals surface area contributed by atoms with Crippen LogP contribution in [0.15, 0.2) is 18.2 Å². The van der Waals surface area contributed by atoms with Gasteiger partial charge in [-0.3, -0.25) is 15.0 Å². The van der Waals surface area contributed by atoms with Gasteiger partial charge in [0.05, 0.1) is 4.92 Å². The molecule has 0 saturated carbocycles. The van der Waals surface area contributed by atoms with Gasteiger partial charge in [-0.05, 0) is 63.5 Å². The molecule has 0 aliphatic carbocycles. The number of nitro benzene ring substituents is 1. The third-order valence-corrected chi connectivity index (χ3v) is 4.51. The van der Waals surface area contributed by atoms with Crippen LogP contribution in [-0.2, 0) is 6.54 Å². The maximum atomic E-state index is 10.8. The molecule has 0 amide bonds. The topological polar surface area (TPSA) is 58.4 Å². The molecule has 2 rings (SSSR count). The summed E-state index contributed by atoms with van der Waals surface area (Å²) >= 11 is 6.16. The van der Waals surface area contributed by atoms with E-state index in [0.29, 0.717) is 11.6 Å². The van der Waals surface area contributed by atoms with Crippen LogP contribution in [0.3, 0.4) is 0 Å². The molecule has 1 N–H and O–H groups in total. The first kappa shape index (κ1) is 16.2. The highest BCUT2D eigenvalue weighted by Crippen LogP contribution is 2.26. The maximum Gasteiger partial charge on any atom is 0.269 e. The summed E-state index contributed by atoms with van der Waals surface area (Å²) in [6, 6.07) is 4.67.